The highest BCUT2D eigenvalue weighted by molar-refractivity contribution is 9.10. The molecule has 0 amide bonds. The van der Waals surface area contributed by atoms with E-state index in [9.17, 15) is 5.11 Å². The molecule has 0 heterocycles. The van der Waals surface area contributed by atoms with Gasteiger partial charge in [-0.15, -0.1) is 0 Å². The van der Waals surface area contributed by atoms with Crippen molar-refractivity contribution in [2.45, 2.75) is 16.4 Å². The van der Waals surface area contributed by atoms with Crippen molar-refractivity contribution in [2.24, 2.45) is 0 Å². The minimum Gasteiger partial charge on any atom is -0.392 e. The third-order valence-electron chi connectivity index (χ3n) is 2.31. The van der Waals surface area contributed by atoms with Gasteiger partial charge in [0.1, 0.15) is 0 Å². The molecule has 0 aliphatic rings. The smallest absolute Gasteiger partial charge is 0.0693 e. The fourth-order valence-electron chi connectivity index (χ4n) is 1.45. The maximum Gasteiger partial charge on any atom is 0.0693 e. The number of hydrogen-bond donors (Lipinski definition) is 1. The van der Waals surface area contributed by atoms with Gasteiger partial charge in [0.15, 0.2) is 0 Å². The molecule has 0 unspecified atom stereocenters. The molecular weight excluding hydrogens is 355 g/mol. The molecule has 2 aromatic carbocycles. The Morgan fingerprint density at radius 2 is 1.83 bits per heavy atom. The van der Waals surface area contributed by atoms with Crippen LogP contribution >= 0.6 is 50.9 Å². The fraction of sp³-hybridized carbons (Fsp3) is 0.0769. The van der Waals surface area contributed by atoms with E-state index in [1.165, 1.54) is 11.8 Å². The molecule has 1 nitrogen and oxygen atoms in total. The fourth-order valence-corrected chi connectivity index (χ4v) is 3.30. The molecule has 0 bridgehead atoms. The molecule has 2 rings (SSSR count). The number of hydrogen-bond acceptors (Lipinski definition) is 2. The Balaban J connectivity index is 2.36. The van der Waals surface area contributed by atoms with Crippen LogP contribution in [0, 0.1) is 0 Å². The van der Waals surface area contributed by atoms with E-state index < -0.39 is 0 Å². The Morgan fingerprint density at radius 3 is 2.56 bits per heavy atom. The van der Waals surface area contributed by atoms with Crippen LogP contribution in [0.1, 0.15) is 5.56 Å². The van der Waals surface area contributed by atoms with Crippen LogP contribution in [0.25, 0.3) is 0 Å². The zero-order valence-corrected chi connectivity index (χ0v) is 13.1. The van der Waals surface area contributed by atoms with E-state index in [4.69, 9.17) is 23.2 Å². The Morgan fingerprint density at radius 1 is 1.06 bits per heavy atom. The number of aliphatic hydroxyl groups excluding tert-OH is 1. The molecule has 1 N–H and O–H groups in total. The van der Waals surface area contributed by atoms with Crippen molar-refractivity contribution in [3.8, 4) is 0 Å². The summed E-state index contributed by atoms with van der Waals surface area (Å²) in [5, 5.41) is 10.6. The molecule has 2 aromatic rings. The van der Waals surface area contributed by atoms with Crippen LogP contribution in [0.2, 0.25) is 10.0 Å². The van der Waals surface area contributed by atoms with Crippen molar-refractivity contribution >= 4 is 50.9 Å². The minimum absolute atomic E-state index is 0.0139. The molecule has 0 aromatic heterocycles. The maximum atomic E-state index is 9.35. The summed E-state index contributed by atoms with van der Waals surface area (Å²) < 4.78 is 0.938. The zero-order chi connectivity index (χ0) is 13.1. The predicted octanol–water partition coefficient (Wildman–Crippen LogP) is 5.40. The number of halogens is 3. The Kier molecular flexibility index (Phi) is 4.98. The van der Waals surface area contributed by atoms with Crippen molar-refractivity contribution in [3.05, 3.63) is 56.5 Å². The second-order valence-electron chi connectivity index (χ2n) is 3.59. The normalized spacial score (nSPS) is 10.7. The molecule has 0 fully saturated rings. The van der Waals surface area contributed by atoms with E-state index >= 15 is 0 Å². The van der Waals surface area contributed by atoms with Gasteiger partial charge in [0.2, 0.25) is 0 Å². The molecule has 0 spiro atoms. The zero-order valence-electron chi connectivity index (χ0n) is 9.16. The quantitative estimate of drug-likeness (QED) is 0.787. The summed E-state index contributed by atoms with van der Waals surface area (Å²) in [5.74, 6) is 0. The van der Waals surface area contributed by atoms with Crippen molar-refractivity contribution in [3.63, 3.8) is 0 Å². The maximum absolute atomic E-state index is 9.35. The average Bonchev–Trinajstić information content (AvgIpc) is 2.36. The molecule has 0 radical (unpaired) electrons. The average molecular weight is 364 g/mol. The summed E-state index contributed by atoms with van der Waals surface area (Å²) in [5.41, 5.74) is 0.852. The second kappa shape index (κ2) is 6.31. The van der Waals surface area contributed by atoms with Crippen LogP contribution < -0.4 is 0 Å². The minimum atomic E-state index is -0.0139. The monoisotopic (exact) mass is 362 g/mol. The lowest BCUT2D eigenvalue weighted by Gasteiger charge is -2.09. The summed E-state index contributed by atoms with van der Waals surface area (Å²) in [4.78, 5) is 1.84. The lowest BCUT2D eigenvalue weighted by Crippen LogP contribution is -1.88. The van der Waals surface area contributed by atoms with E-state index in [0.717, 1.165) is 19.8 Å². The van der Waals surface area contributed by atoms with Gasteiger partial charge in [-0.1, -0.05) is 50.9 Å². The first-order valence-corrected chi connectivity index (χ1v) is 7.49. The number of rotatable bonds is 3. The van der Waals surface area contributed by atoms with E-state index in [0.29, 0.717) is 10.0 Å². The molecule has 94 valence electrons. The highest BCUT2D eigenvalue weighted by atomic mass is 79.9. The van der Waals surface area contributed by atoms with E-state index in [1.54, 1.807) is 12.1 Å². The first kappa shape index (κ1) is 14.2. The van der Waals surface area contributed by atoms with E-state index in [-0.39, 0.29) is 6.61 Å². The van der Waals surface area contributed by atoms with Gasteiger partial charge in [-0.25, -0.2) is 0 Å². The molecule has 18 heavy (non-hydrogen) atoms. The molecule has 5 heteroatoms. The molecule has 0 aliphatic carbocycles. The van der Waals surface area contributed by atoms with E-state index in [1.807, 2.05) is 24.3 Å². The van der Waals surface area contributed by atoms with E-state index in [2.05, 4.69) is 15.9 Å². The Hall–Kier alpha value is -0.190. The lowest BCUT2D eigenvalue weighted by molar-refractivity contribution is 0.279. The first-order valence-electron chi connectivity index (χ1n) is 5.12. The SMILES string of the molecule is OCc1cc(Br)ccc1Sc1cc(Cl)ccc1Cl. The van der Waals surface area contributed by atoms with Crippen molar-refractivity contribution < 1.29 is 5.11 Å². The van der Waals surface area contributed by atoms with Crippen molar-refractivity contribution in [1.29, 1.82) is 0 Å². The third kappa shape index (κ3) is 3.43. The van der Waals surface area contributed by atoms with Crippen LogP contribution in [0.15, 0.2) is 50.7 Å². The van der Waals surface area contributed by atoms with Crippen LogP contribution in [-0.4, -0.2) is 5.11 Å². The Labute approximate surface area is 128 Å². The predicted molar refractivity (Wildman–Crippen MR) is 80.6 cm³/mol. The van der Waals surface area contributed by atoms with Gasteiger partial charge in [0.25, 0.3) is 0 Å². The third-order valence-corrected chi connectivity index (χ3v) is 4.65. The van der Waals surface area contributed by atoms with Gasteiger partial charge in [0.05, 0.1) is 11.6 Å². The summed E-state index contributed by atoms with van der Waals surface area (Å²) in [6, 6.07) is 11.1. The standard InChI is InChI=1S/C13H9BrCl2OS/c14-9-1-4-12(8(5-9)7-17)18-13-6-10(15)2-3-11(13)16/h1-6,17H,7H2. The van der Waals surface area contributed by atoms with Crippen molar-refractivity contribution in [2.75, 3.05) is 0 Å². The van der Waals surface area contributed by atoms with Crippen LogP contribution in [-0.2, 0) is 6.61 Å². The summed E-state index contributed by atoms with van der Waals surface area (Å²) in [6.45, 7) is -0.0139. The molecular formula is C13H9BrCl2OS. The van der Waals surface area contributed by atoms with Gasteiger partial charge in [-0.2, -0.15) is 0 Å². The summed E-state index contributed by atoms with van der Waals surface area (Å²) >= 11 is 16.9. The van der Waals surface area contributed by atoms with Gasteiger partial charge in [-0.05, 0) is 42.0 Å². The largest absolute Gasteiger partial charge is 0.392 e. The highest BCUT2D eigenvalue weighted by Crippen LogP contribution is 2.37. The van der Waals surface area contributed by atoms with Crippen LogP contribution in [0.4, 0.5) is 0 Å². The lowest BCUT2D eigenvalue weighted by atomic mass is 10.2. The highest BCUT2D eigenvalue weighted by Gasteiger charge is 2.08. The second-order valence-corrected chi connectivity index (χ2v) is 6.43. The molecule has 0 aliphatic heterocycles. The summed E-state index contributed by atoms with van der Waals surface area (Å²) in [7, 11) is 0. The van der Waals surface area contributed by atoms with Gasteiger partial charge >= 0.3 is 0 Å². The van der Waals surface area contributed by atoms with Crippen molar-refractivity contribution in [1.82, 2.24) is 0 Å². The summed E-state index contributed by atoms with van der Waals surface area (Å²) in [6.07, 6.45) is 0. The Bertz CT molecular complexity index is 575. The van der Waals surface area contributed by atoms with Crippen LogP contribution in [0.5, 0.6) is 0 Å². The first-order chi connectivity index (χ1) is 8.60. The number of benzene rings is 2. The van der Waals surface area contributed by atoms with Gasteiger partial charge in [-0.3, -0.25) is 0 Å². The molecule has 0 atom stereocenters. The number of aliphatic hydroxyl groups is 1. The van der Waals surface area contributed by atoms with Gasteiger partial charge in [0, 0.05) is 19.3 Å². The molecule has 0 saturated carbocycles. The van der Waals surface area contributed by atoms with Gasteiger partial charge < -0.3 is 5.11 Å². The topological polar surface area (TPSA) is 20.2 Å². The van der Waals surface area contributed by atoms with Crippen LogP contribution in [0.3, 0.4) is 0 Å². The molecule has 0 saturated heterocycles.